The van der Waals surface area contributed by atoms with E-state index in [1.807, 2.05) is 74.6 Å². The lowest BCUT2D eigenvalue weighted by atomic mass is 10.0. The number of Topliss-reactive ketones (excluding diaryl/α,β-unsaturated/α-hetero) is 1. The van der Waals surface area contributed by atoms with Crippen LogP contribution in [0.25, 0.3) is 0 Å². The average molecular weight is 268 g/mol. The van der Waals surface area contributed by atoms with Crippen LogP contribution in [-0.2, 0) is 6.42 Å². The lowest BCUT2D eigenvalue weighted by molar-refractivity contribution is 0.0994. The van der Waals surface area contributed by atoms with Gasteiger partial charge in [-0.25, -0.2) is 0 Å². The Balaban J connectivity index is 2.15. The molecule has 0 spiro atoms. The highest BCUT2D eigenvalue weighted by molar-refractivity contribution is 6.02. The van der Waals surface area contributed by atoms with Crippen LogP contribution in [0.4, 0.5) is 11.4 Å². The summed E-state index contributed by atoms with van der Waals surface area (Å²) in [5.41, 5.74) is 3.79. The fourth-order valence-electron chi connectivity index (χ4n) is 2.14. The molecule has 3 nitrogen and oxygen atoms in total. The van der Waals surface area contributed by atoms with Crippen molar-refractivity contribution in [1.82, 2.24) is 0 Å². The molecule has 0 aliphatic rings. The quantitative estimate of drug-likeness (QED) is 0.845. The number of carbonyl (C=O) groups excluding carboxylic acids is 1. The zero-order chi connectivity index (χ0) is 14.5. The Morgan fingerprint density at radius 2 is 1.70 bits per heavy atom. The molecule has 0 atom stereocenters. The van der Waals surface area contributed by atoms with Crippen LogP contribution in [0.5, 0.6) is 0 Å². The summed E-state index contributed by atoms with van der Waals surface area (Å²) in [6.07, 6.45) is 0.423. The minimum Gasteiger partial charge on any atom is -0.388 e. The van der Waals surface area contributed by atoms with E-state index < -0.39 is 0 Å². The van der Waals surface area contributed by atoms with Gasteiger partial charge in [0.05, 0.1) is 0 Å². The molecule has 2 aromatic rings. The number of anilines is 2. The van der Waals surface area contributed by atoms with Gasteiger partial charge in [0.25, 0.3) is 0 Å². The number of ketones is 1. The highest BCUT2D eigenvalue weighted by Gasteiger charge is 2.10. The Hall–Kier alpha value is -2.29. The molecular weight excluding hydrogens is 248 g/mol. The van der Waals surface area contributed by atoms with Gasteiger partial charge in [-0.2, -0.15) is 0 Å². The van der Waals surface area contributed by atoms with Gasteiger partial charge in [0.15, 0.2) is 5.78 Å². The van der Waals surface area contributed by atoms with Crippen molar-refractivity contribution in [2.45, 2.75) is 6.42 Å². The van der Waals surface area contributed by atoms with Crippen molar-refractivity contribution in [1.29, 1.82) is 0 Å². The lowest BCUT2D eigenvalue weighted by Gasteiger charge is -2.13. The highest BCUT2D eigenvalue weighted by Crippen LogP contribution is 2.18. The maximum Gasteiger partial charge on any atom is 0.169 e. The largest absolute Gasteiger partial charge is 0.388 e. The van der Waals surface area contributed by atoms with Crippen LogP contribution in [-0.4, -0.2) is 26.9 Å². The summed E-state index contributed by atoms with van der Waals surface area (Å²) in [6, 6.07) is 15.7. The third kappa shape index (κ3) is 3.18. The average Bonchev–Trinajstić information content (AvgIpc) is 2.47. The molecule has 20 heavy (non-hydrogen) atoms. The number of benzene rings is 2. The van der Waals surface area contributed by atoms with Gasteiger partial charge in [0, 0.05) is 44.5 Å². The summed E-state index contributed by atoms with van der Waals surface area (Å²) < 4.78 is 0. The number of carbonyl (C=O) groups is 1. The van der Waals surface area contributed by atoms with Crippen molar-refractivity contribution < 1.29 is 4.79 Å². The Morgan fingerprint density at radius 1 is 1.05 bits per heavy atom. The van der Waals surface area contributed by atoms with Gasteiger partial charge in [-0.3, -0.25) is 4.79 Å². The van der Waals surface area contributed by atoms with Crippen LogP contribution in [0.2, 0.25) is 0 Å². The molecular formula is C17H20N2O. The monoisotopic (exact) mass is 268 g/mol. The fourth-order valence-corrected chi connectivity index (χ4v) is 2.14. The van der Waals surface area contributed by atoms with Crippen LogP contribution in [0.3, 0.4) is 0 Å². The number of para-hydroxylation sites is 1. The van der Waals surface area contributed by atoms with E-state index in [0.717, 1.165) is 22.5 Å². The van der Waals surface area contributed by atoms with Gasteiger partial charge in [0.2, 0.25) is 0 Å². The second-order valence-corrected chi connectivity index (χ2v) is 4.96. The maximum absolute atomic E-state index is 12.4. The van der Waals surface area contributed by atoms with Gasteiger partial charge in [-0.05, 0) is 29.8 Å². The molecule has 0 fully saturated rings. The Labute approximate surface area is 120 Å². The molecule has 2 rings (SSSR count). The van der Waals surface area contributed by atoms with E-state index in [4.69, 9.17) is 0 Å². The van der Waals surface area contributed by atoms with Gasteiger partial charge in [-0.1, -0.05) is 24.3 Å². The molecule has 0 aliphatic carbocycles. The predicted octanol–water partition coefficient (Wildman–Crippen LogP) is 3.22. The van der Waals surface area contributed by atoms with Gasteiger partial charge < -0.3 is 10.2 Å². The fraction of sp³-hybridized carbons (Fsp3) is 0.235. The Morgan fingerprint density at radius 3 is 2.30 bits per heavy atom. The summed E-state index contributed by atoms with van der Waals surface area (Å²) in [5, 5.41) is 3.06. The van der Waals surface area contributed by atoms with Crippen LogP contribution >= 0.6 is 0 Å². The topological polar surface area (TPSA) is 32.3 Å². The third-order valence-electron chi connectivity index (χ3n) is 3.31. The standard InChI is InChI=1S/C17H20N2O/c1-18-16-7-5-4-6-15(16)17(20)12-13-8-10-14(11-9-13)19(2)3/h4-11,18H,12H2,1-3H3. The number of hydrogen-bond acceptors (Lipinski definition) is 3. The molecule has 0 heterocycles. The zero-order valence-electron chi connectivity index (χ0n) is 12.2. The Bertz CT molecular complexity index is 588. The van der Waals surface area contributed by atoms with E-state index in [0.29, 0.717) is 6.42 Å². The van der Waals surface area contributed by atoms with Crippen LogP contribution in [0.1, 0.15) is 15.9 Å². The highest BCUT2D eigenvalue weighted by atomic mass is 16.1. The van der Waals surface area contributed by atoms with Gasteiger partial charge in [0.1, 0.15) is 0 Å². The minimum atomic E-state index is 0.132. The summed E-state index contributed by atoms with van der Waals surface area (Å²) >= 11 is 0. The van der Waals surface area contributed by atoms with Gasteiger partial charge >= 0.3 is 0 Å². The first-order valence-corrected chi connectivity index (χ1v) is 6.68. The molecule has 104 valence electrons. The predicted molar refractivity (Wildman–Crippen MR) is 84.8 cm³/mol. The molecule has 2 aromatic carbocycles. The maximum atomic E-state index is 12.4. The first kappa shape index (κ1) is 14.1. The molecule has 0 saturated carbocycles. The molecule has 0 bridgehead atoms. The number of nitrogens with one attached hydrogen (secondary N) is 1. The normalized spacial score (nSPS) is 10.2. The van der Waals surface area contributed by atoms with Crippen molar-refractivity contribution in [2.75, 3.05) is 31.4 Å². The summed E-state index contributed by atoms with van der Waals surface area (Å²) in [6.45, 7) is 0. The molecule has 0 saturated heterocycles. The van der Waals surface area contributed by atoms with Crippen LogP contribution < -0.4 is 10.2 Å². The summed E-state index contributed by atoms with van der Waals surface area (Å²) in [5.74, 6) is 0.132. The number of rotatable bonds is 5. The first-order chi connectivity index (χ1) is 9.61. The third-order valence-corrected chi connectivity index (χ3v) is 3.31. The van der Waals surface area contributed by atoms with Crippen molar-refractivity contribution >= 4 is 17.2 Å². The van der Waals surface area contributed by atoms with E-state index in [1.165, 1.54) is 0 Å². The van der Waals surface area contributed by atoms with Gasteiger partial charge in [-0.15, -0.1) is 0 Å². The second kappa shape index (κ2) is 6.24. The SMILES string of the molecule is CNc1ccccc1C(=O)Cc1ccc(N(C)C)cc1. The van der Waals surface area contributed by atoms with E-state index in [2.05, 4.69) is 5.32 Å². The zero-order valence-corrected chi connectivity index (χ0v) is 12.2. The molecule has 1 N–H and O–H groups in total. The van der Waals surface area contributed by atoms with Crippen molar-refractivity contribution in [3.63, 3.8) is 0 Å². The van der Waals surface area contributed by atoms with E-state index >= 15 is 0 Å². The number of nitrogens with zero attached hydrogens (tertiary/aromatic N) is 1. The van der Waals surface area contributed by atoms with E-state index in [1.54, 1.807) is 0 Å². The van der Waals surface area contributed by atoms with Crippen LogP contribution in [0.15, 0.2) is 48.5 Å². The van der Waals surface area contributed by atoms with Crippen molar-refractivity contribution in [2.24, 2.45) is 0 Å². The Kier molecular flexibility index (Phi) is 4.41. The summed E-state index contributed by atoms with van der Waals surface area (Å²) in [4.78, 5) is 14.4. The molecule has 0 amide bonds. The summed E-state index contributed by atoms with van der Waals surface area (Å²) in [7, 11) is 5.84. The minimum absolute atomic E-state index is 0.132. The van der Waals surface area contributed by atoms with Crippen LogP contribution in [0, 0.1) is 0 Å². The first-order valence-electron chi connectivity index (χ1n) is 6.68. The smallest absolute Gasteiger partial charge is 0.169 e. The van der Waals surface area contributed by atoms with E-state index in [-0.39, 0.29) is 5.78 Å². The van der Waals surface area contributed by atoms with Crippen molar-refractivity contribution in [3.05, 3.63) is 59.7 Å². The molecule has 0 unspecified atom stereocenters. The molecule has 3 heteroatoms. The van der Waals surface area contributed by atoms with Crippen molar-refractivity contribution in [3.8, 4) is 0 Å². The second-order valence-electron chi connectivity index (χ2n) is 4.96. The molecule has 0 aliphatic heterocycles. The lowest BCUT2D eigenvalue weighted by Crippen LogP contribution is -2.09. The molecule has 0 radical (unpaired) electrons. The molecule has 0 aromatic heterocycles. The number of hydrogen-bond donors (Lipinski definition) is 1. The van der Waals surface area contributed by atoms with E-state index in [9.17, 15) is 4.79 Å².